The molecule has 0 aromatic carbocycles. The van der Waals surface area contributed by atoms with Gasteiger partial charge in [-0.05, 0) is 30.4 Å². The summed E-state index contributed by atoms with van der Waals surface area (Å²) in [6.07, 6.45) is 7.00. The van der Waals surface area contributed by atoms with Gasteiger partial charge in [0.25, 0.3) is 0 Å². The molecule has 0 aromatic rings. The van der Waals surface area contributed by atoms with Crippen molar-refractivity contribution in [3.05, 3.63) is 0 Å². The second-order valence-electron chi connectivity index (χ2n) is 3.98. The van der Waals surface area contributed by atoms with Crippen LogP contribution in [0.25, 0.3) is 0 Å². The Morgan fingerprint density at radius 1 is 1.50 bits per heavy atom. The molecule has 0 aromatic heterocycles. The van der Waals surface area contributed by atoms with Gasteiger partial charge in [0, 0.05) is 7.11 Å². The van der Waals surface area contributed by atoms with Gasteiger partial charge in [-0.2, -0.15) is 12.6 Å². The van der Waals surface area contributed by atoms with Gasteiger partial charge in [0.05, 0.1) is 6.10 Å². The SMILES string of the molecule is CO[C@H]1CCC[C@@H](CC(C)S)C1. The van der Waals surface area contributed by atoms with Gasteiger partial charge in [0.15, 0.2) is 0 Å². The van der Waals surface area contributed by atoms with Gasteiger partial charge in [-0.1, -0.05) is 19.8 Å². The minimum absolute atomic E-state index is 0.524. The summed E-state index contributed by atoms with van der Waals surface area (Å²) in [6, 6.07) is 0. The first-order valence-corrected chi connectivity index (χ1v) is 5.45. The van der Waals surface area contributed by atoms with Crippen molar-refractivity contribution in [1.82, 2.24) is 0 Å². The molecule has 0 aliphatic heterocycles. The van der Waals surface area contributed by atoms with E-state index in [0.29, 0.717) is 11.4 Å². The number of rotatable bonds is 3. The summed E-state index contributed by atoms with van der Waals surface area (Å²) in [6.45, 7) is 2.18. The highest BCUT2D eigenvalue weighted by atomic mass is 32.1. The summed E-state index contributed by atoms with van der Waals surface area (Å²) in [5.74, 6) is 0.858. The van der Waals surface area contributed by atoms with Crippen LogP contribution in [0, 0.1) is 5.92 Å². The first-order chi connectivity index (χ1) is 5.72. The highest BCUT2D eigenvalue weighted by Gasteiger charge is 2.22. The van der Waals surface area contributed by atoms with E-state index in [-0.39, 0.29) is 0 Å². The van der Waals surface area contributed by atoms with Gasteiger partial charge in [0.2, 0.25) is 0 Å². The Labute approximate surface area is 81.3 Å². The molecule has 12 heavy (non-hydrogen) atoms. The molecule has 2 heteroatoms. The molecule has 0 radical (unpaired) electrons. The van der Waals surface area contributed by atoms with Gasteiger partial charge in [-0.3, -0.25) is 0 Å². The lowest BCUT2D eigenvalue weighted by atomic mass is 9.84. The van der Waals surface area contributed by atoms with Crippen LogP contribution in [0.4, 0.5) is 0 Å². The molecule has 0 saturated heterocycles. The molecule has 1 saturated carbocycles. The molecule has 1 fully saturated rings. The zero-order valence-corrected chi connectivity index (χ0v) is 9.02. The first-order valence-electron chi connectivity index (χ1n) is 4.93. The molecule has 3 atom stereocenters. The summed E-state index contributed by atoms with van der Waals surface area (Å²) < 4.78 is 5.38. The third-order valence-corrected chi connectivity index (χ3v) is 2.95. The molecular weight excluding hydrogens is 168 g/mol. The quantitative estimate of drug-likeness (QED) is 0.670. The van der Waals surface area contributed by atoms with Crippen molar-refractivity contribution >= 4 is 12.6 Å². The Kier molecular flexibility index (Phi) is 4.44. The minimum atomic E-state index is 0.524. The van der Waals surface area contributed by atoms with Crippen molar-refractivity contribution in [2.24, 2.45) is 5.92 Å². The van der Waals surface area contributed by atoms with Crippen molar-refractivity contribution in [2.75, 3.05) is 7.11 Å². The third-order valence-electron chi connectivity index (χ3n) is 2.74. The van der Waals surface area contributed by atoms with Crippen LogP contribution in [-0.2, 0) is 4.74 Å². The number of hydrogen-bond acceptors (Lipinski definition) is 2. The second kappa shape index (κ2) is 5.13. The molecule has 1 nitrogen and oxygen atoms in total. The lowest BCUT2D eigenvalue weighted by molar-refractivity contribution is 0.0492. The van der Waals surface area contributed by atoms with E-state index in [1.54, 1.807) is 0 Å². The van der Waals surface area contributed by atoms with Crippen molar-refractivity contribution in [3.63, 3.8) is 0 Å². The maximum atomic E-state index is 5.38. The maximum Gasteiger partial charge on any atom is 0.0574 e. The van der Waals surface area contributed by atoms with Crippen LogP contribution in [0.15, 0.2) is 0 Å². The molecule has 1 unspecified atom stereocenters. The standard InChI is InChI=1S/C10H20OS/c1-8(12)6-9-4-3-5-10(7-9)11-2/h8-10,12H,3-7H2,1-2H3/t8?,9-,10-/m0/s1. The van der Waals surface area contributed by atoms with E-state index in [0.717, 1.165) is 5.92 Å². The van der Waals surface area contributed by atoms with E-state index in [2.05, 4.69) is 19.6 Å². The van der Waals surface area contributed by atoms with E-state index >= 15 is 0 Å². The minimum Gasteiger partial charge on any atom is -0.381 e. The summed E-state index contributed by atoms with van der Waals surface area (Å²) in [4.78, 5) is 0. The van der Waals surface area contributed by atoms with Crippen LogP contribution in [0.1, 0.15) is 39.0 Å². The number of thiol groups is 1. The third kappa shape index (κ3) is 3.36. The summed E-state index contributed by atoms with van der Waals surface area (Å²) >= 11 is 4.43. The highest BCUT2D eigenvalue weighted by molar-refractivity contribution is 7.80. The zero-order chi connectivity index (χ0) is 8.97. The fourth-order valence-corrected chi connectivity index (χ4v) is 2.45. The number of ether oxygens (including phenoxy) is 1. The van der Waals surface area contributed by atoms with Gasteiger partial charge in [-0.15, -0.1) is 0 Å². The molecule has 0 heterocycles. The van der Waals surface area contributed by atoms with Crippen LogP contribution in [0.5, 0.6) is 0 Å². The van der Waals surface area contributed by atoms with Gasteiger partial charge < -0.3 is 4.74 Å². The van der Waals surface area contributed by atoms with Crippen molar-refractivity contribution in [3.8, 4) is 0 Å². The fraction of sp³-hybridized carbons (Fsp3) is 1.00. The van der Waals surface area contributed by atoms with Crippen LogP contribution in [0.2, 0.25) is 0 Å². The number of hydrogen-bond donors (Lipinski definition) is 1. The molecular formula is C10H20OS. The fourth-order valence-electron chi connectivity index (χ4n) is 2.15. The molecule has 1 aliphatic carbocycles. The van der Waals surface area contributed by atoms with Crippen LogP contribution >= 0.6 is 12.6 Å². The Bertz CT molecular complexity index is 125. The maximum absolute atomic E-state index is 5.38. The predicted octanol–water partition coefficient (Wildman–Crippen LogP) is 2.90. The second-order valence-corrected chi connectivity index (χ2v) is 4.86. The van der Waals surface area contributed by atoms with Gasteiger partial charge >= 0.3 is 0 Å². The highest BCUT2D eigenvalue weighted by Crippen LogP contribution is 2.29. The van der Waals surface area contributed by atoms with Crippen LogP contribution in [0.3, 0.4) is 0 Å². The van der Waals surface area contributed by atoms with Crippen molar-refractivity contribution in [2.45, 2.75) is 50.4 Å². The average Bonchev–Trinajstić information content (AvgIpc) is 2.03. The normalized spacial score (nSPS) is 33.2. The molecule has 0 amide bonds. The Morgan fingerprint density at radius 3 is 2.83 bits per heavy atom. The first kappa shape index (κ1) is 10.4. The number of methoxy groups -OCH3 is 1. The van der Waals surface area contributed by atoms with Gasteiger partial charge in [0.1, 0.15) is 0 Å². The molecule has 72 valence electrons. The van der Waals surface area contributed by atoms with Crippen LogP contribution < -0.4 is 0 Å². The van der Waals surface area contributed by atoms with E-state index in [1.165, 1.54) is 32.1 Å². The monoisotopic (exact) mass is 188 g/mol. The van der Waals surface area contributed by atoms with E-state index in [1.807, 2.05) is 7.11 Å². The average molecular weight is 188 g/mol. The smallest absolute Gasteiger partial charge is 0.0574 e. The molecule has 0 spiro atoms. The Hall–Kier alpha value is 0.310. The van der Waals surface area contributed by atoms with E-state index < -0.39 is 0 Å². The summed E-state index contributed by atoms with van der Waals surface area (Å²) in [5, 5.41) is 0.547. The zero-order valence-electron chi connectivity index (χ0n) is 8.12. The predicted molar refractivity (Wildman–Crippen MR) is 55.8 cm³/mol. The Balaban J connectivity index is 2.25. The van der Waals surface area contributed by atoms with E-state index in [4.69, 9.17) is 4.74 Å². The van der Waals surface area contributed by atoms with E-state index in [9.17, 15) is 0 Å². The van der Waals surface area contributed by atoms with Crippen LogP contribution in [-0.4, -0.2) is 18.5 Å². The lowest BCUT2D eigenvalue weighted by Gasteiger charge is -2.28. The molecule has 0 N–H and O–H groups in total. The Morgan fingerprint density at radius 2 is 2.25 bits per heavy atom. The van der Waals surface area contributed by atoms with Crippen molar-refractivity contribution < 1.29 is 4.74 Å². The summed E-state index contributed by atoms with van der Waals surface area (Å²) in [7, 11) is 1.83. The molecule has 1 aliphatic rings. The lowest BCUT2D eigenvalue weighted by Crippen LogP contribution is -2.23. The molecule has 1 rings (SSSR count). The van der Waals surface area contributed by atoms with Crippen molar-refractivity contribution in [1.29, 1.82) is 0 Å². The van der Waals surface area contributed by atoms with Gasteiger partial charge in [-0.25, -0.2) is 0 Å². The topological polar surface area (TPSA) is 9.23 Å². The molecule has 0 bridgehead atoms. The largest absolute Gasteiger partial charge is 0.381 e. The summed E-state index contributed by atoms with van der Waals surface area (Å²) in [5.41, 5.74) is 0.